The molecule has 1 aliphatic rings. The fourth-order valence-corrected chi connectivity index (χ4v) is 4.91. The minimum atomic E-state index is -0.0943. The van der Waals surface area contributed by atoms with E-state index < -0.39 is 0 Å². The van der Waals surface area contributed by atoms with Crippen LogP contribution in [0.2, 0.25) is 0 Å². The molecule has 0 saturated carbocycles. The Balaban J connectivity index is 1.34. The first-order valence-corrected chi connectivity index (χ1v) is 11.3. The second-order valence-corrected chi connectivity index (χ2v) is 8.75. The van der Waals surface area contributed by atoms with E-state index >= 15 is 0 Å². The lowest BCUT2D eigenvalue weighted by Gasteiger charge is -2.33. The Morgan fingerprint density at radius 3 is 2.84 bits per heavy atom. The number of aromatic nitrogens is 1. The summed E-state index contributed by atoms with van der Waals surface area (Å²) in [7, 11) is 0. The molecule has 158 valence electrons. The van der Waals surface area contributed by atoms with Crippen molar-refractivity contribution in [2.75, 3.05) is 26.2 Å². The molecule has 31 heavy (non-hydrogen) atoms. The number of thiophene rings is 1. The third-order valence-corrected chi connectivity index (χ3v) is 6.63. The van der Waals surface area contributed by atoms with E-state index in [-0.39, 0.29) is 11.5 Å². The van der Waals surface area contributed by atoms with Crippen molar-refractivity contribution in [2.45, 2.75) is 13.1 Å². The van der Waals surface area contributed by atoms with Crippen LogP contribution < -0.4 is 10.0 Å². The summed E-state index contributed by atoms with van der Waals surface area (Å²) >= 11 is 1.48. The molecule has 1 aromatic carbocycles. The highest BCUT2D eigenvalue weighted by molar-refractivity contribution is 7.08. The molecule has 0 aliphatic carbocycles. The van der Waals surface area contributed by atoms with Gasteiger partial charge in [0.25, 0.3) is 0 Å². The zero-order valence-electron chi connectivity index (χ0n) is 17.0. The van der Waals surface area contributed by atoms with Crippen LogP contribution in [0.15, 0.2) is 64.2 Å². The lowest BCUT2D eigenvalue weighted by Crippen LogP contribution is -3.13. The quantitative estimate of drug-likeness (QED) is 0.472. The highest BCUT2D eigenvalue weighted by Gasteiger charge is 2.24. The molecule has 0 bridgehead atoms. The van der Waals surface area contributed by atoms with Crippen molar-refractivity contribution in [2.24, 2.45) is 0 Å². The molecule has 4 heterocycles. The van der Waals surface area contributed by atoms with Gasteiger partial charge in [0.15, 0.2) is 5.78 Å². The number of furan rings is 1. The summed E-state index contributed by atoms with van der Waals surface area (Å²) < 4.78 is 5.66. The predicted octanol–water partition coefficient (Wildman–Crippen LogP) is 2.09. The van der Waals surface area contributed by atoms with Crippen molar-refractivity contribution in [3.8, 4) is 5.75 Å². The summed E-state index contributed by atoms with van der Waals surface area (Å²) in [6.07, 6.45) is 5.20. The first-order valence-electron chi connectivity index (χ1n) is 10.4. The number of fused-ring (bicyclic) bond motifs is 1. The molecule has 1 saturated heterocycles. The van der Waals surface area contributed by atoms with E-state index in [9.17, 15) is 9.90 Å². The molecule has 0 unspecified atom stereocenters. The van der Waals surface area contributed by atoms with Crippen LogP contribution >= 0.6 is 11.3 Å². The van der Waals surface area contributed by atoms with Gasteiger partial charge < -0.3 is 14.4 Å². The van der Waals surface area contributed by atoms with Crippen LogP contribution in [0.1, 0.15) is 27.0 Å². The Hall–Kier alpha value is -3.00. The number of hydrogen-bond donors (Lipinski definition) is 1. The molecule has 0 spiro atoms. The molecular weight excluding hydrogens is 410 g/mol. The summed E-state index contributed by atoms with van der Waals surface area (Å²) in [6.45, 7) is 5.30. The maximum absolute atomic E-state index is 13.0. The zero-order chi connectivity index (χ0) is 21.2. The van der Waals surface area contributed by atoms with Crippen molar-refractivity contribution in [1.82, 2.24) is 9.88 Å². The summed E-state index contributed by atoms with van der Waals surface area (Å²) in [5, 5.41) is 17.2. The van der Waals surface area contributed by atoms with E-state index in [1.54, 1.807) is 24.4 Å². The monoisotopic (exact) mass is 433 g/mol. The average Bonchev–Trinajstić information content (AvgIpc) is 3.48. The fraction of sp³-hybridized carbons (Fsp3) is 0.250. The van der Waals surface area contributed by atoms with Gasteiger partial charge in [-0.15, -0.1) is 0 Å². The number of benzene rings is 1. The van der Waals surface area contributed by atoms with E-state index in [1.165, 1.54) is 28.1 Å². The minimum absolute atomic E-state index is 0.0291. The van der Waals surface area contributed by atoms with Crippen LogP contribution in [0.4, 0.5) is 0 Å². The molecule has 7 heteroatoms. The lowest BCUT2D eigenvalue weighted by molar-refractivity contribution is -0.918. The average molecular weight is 434 g/mol. The van der Waals surface area contributed by atoms with E-state index in [0.29, 0.717) is 34.2 Å². The van der Waals surface area contributed by atoms with Gasteiger partial charge in [-0.25, -0.2) is 0 Å². The van der Waals surface area contributed by atoms with Crippen molar-refractivity contribution in [3.63, 3.8) is 0 Å². The van der Waals surface area contributed by atoms with Gasteiger partial charge in [0.1, 0.15) is 18.4 Å². The number of nitrogens with one attached hydrogen (secondary N) is 1. The summed E-state index contributed by atoms with van der Waals surface area (Å²) in [4.78, 5) is 20.9. The van der Waals surface area contributed by atoms with Gasteiger partial charge in [0.05, 0.1) is 18.7 Å². The van der Waals surface area contributed by atoms with Crippen LogP contribution in [0.25, 0.3) is 11.0 Å². The number of nitrogens with zero attached hydrogens (tertiary/aromatic N) is 2. The Bertz CT molecular complexity index is 1180. The third-order valence-electron chi connectivity index (χ3n) is 5.95. The highest BCUT2D eigenvalue weighted by Crippen LogP contribution is 2.31. The molecule has 5 rings (SSSR count). The van der Waals surface area contributed by atoms with Crippen LogP contribution in [-0.2, 0) is 13.1 Å². The van der Waals surface area contributed by atoms with Crippen molar-refractivity contribution < 1.29 is 19.2 Å². The second kappa shape index (κ2) is 8.63. The van der Waals surface area contributed by atoms with Gasteiger partial charge in [0, 0.05) is 53.9 Å². The second-order valence-electron chi connectivity index (χ2n) is 7.97. The molecule has 0 radical (unpaired) electrons. The van der Waals surface area contributed by atoms with Crippen LogP contribution in [0, 0.1) is 0 Å². The Morgan fingerprint density at radius 1 is 1.23 bits per heavy atom. The number of rotatable bonds is 6. The lowest BCUT2D eigenvalue weighted by atomic mass is 9.99. The largest absolute Gasteiger partial charge is 0.872 e. The van der Waals surface area contributed by atoms with Crippen molar-refractivity contribution in [3.05, 3.63) is 82.0 Å². The van der Waals surface area contributed by atoms with E-state index in [1.807, 2.05) is 23.0 Å². The number of quaternary nitrogens is 1. The van der Waals surface area contributed by atoms with Crippen LogP contribution in [0.5, 0.6) is 5.75 Å². The number of carbonyl (C=O) groups excluding carboxylic acids is 1. The van der Waals surface area contributed by atoms with Crippen molar-refractivity contribution in [1.29, 1.82) is 0 Å². The first kappa shape index (κ1) is 19.9. The molecule has 4 aromatic rings. The van der Waals surface area contributed by atoms with Crippen LogP contribution in [0.3, 0.4) is 0 Å². The number of piperazine rings is 1. The van der Waals surface area contributed by atoms with E-state index in [2.05, 4.69) is 16.0 Å². The number of hydrogen-bond acceptors (Lipinski definition) is 6. The van der Waals surface area contributed by atoms with Gasteiger partial charge in [0.2, 0.25) is 0 Å². The highest BCUT2D eigenvalue weighted by atomic mass is 32.1. The zero-order valence-corrected chi connectivity index (χ0v) is 17.9. The smallest absolute Gasteiger partial charge is 0.197 e. The topological polar surface area (TPSA) is 73.8 Å². The predicted molar refractivity (Wildman–Crippen MR) is 117 cm³/mol. The van der Waals surface area contributed by atoms with Gasteiger partial charge in [-0.3, -0.25) is 14.7 Å². The normalized spacial score (nSPS) is 15.5. The van der Waals surface area contributed by atoms with Crippen LogP contribution in [-0.4, -0.2) is 41.8 Å². The molecule has 6 nitrogen and oxygen atoms in total. The van der Waals surface area contributed by atoms with Gasteiger partial charge in [-0.1, -0.05) is 17.9 Å². The SMILES string of the molecule is O=C(c1ccsc1)c1coc2ccc([O-])c(C[NH+]3CCN(Cc4cccnc4)CC3)c12. The molecule has 1 aliphatic heterocycles. The number of ketones is 1. The summed E-state index contributed by atoms with van der Waals surface area (Å²) in [5.41, 5.74) is 3.61. The molecule has 1 N–H and O–H groups in total. The third kappa shape index (κ3) is 4.12. The Labute approximate surface area is 184 Å². The van der Waals surface area contributed by atoms with E-state index in [4.69, 9.17) is 4.42 Å². The minimum Gasteiger partial charge on any atom is -0.872 e. The fourth-order valence-electron chi connectivity index (χ4n) is 4.28. The maximum Gasteiger partial charge on any atom is 0.197 e. The van der Waals surface area contributed by atoms with Gasteiger partial charge >= 0.3 is 0 Å². The first-order chi connectivity index (χ1) is 15.2. The van der Waals surface area contributed by atoms with E-state index in [0.717, 1.165) is 32.7 Å². The molecule has 1 fully saturated rings. The molecular formula is C24H23N3O3S. The summed E-state index contributed by atoms with van der Waals surface area (Å²) in [6, 6.07) is 9.10. The Kier molecular flexibility index (Phi) is 5.55. The summed E-state index contributed by atoms with van der Waals surface area (Å²) in [5.74, 6) is -0.123. The number of pyridine rings is 1. The molecule has 3 aromatic heterocycles. The standard InChI is InChI=1S/C24H23N3O3S/c28-21-3-4-22-23(20(15-30-22)24(29)18-5-11-31-16-18)19(21)14-27-9-7-26(8-10-27)13-17-2-1-6-25-12-17/h1-6,11-12,15-16,28H,7-10,13-14H2. The van der Waals surface area contributed by atoms with Gasteiger partial charge in [-0.2, -0.15) is 11.3 Å². The molecule has 0 amide bonds. The molecule has 0 atom stereocenters. The number of carbonyl (C=O) groups is 1. The maximum atomic E-state index is 13.0. The van der Waals surface area contributed by atoms with Crippen molar-refractivity contribution >= 4 is 28.1 Å². The Morgan fingerprint density at radius 2 is 2.10 bits per heavy atom. The van der Waals surface area contributed by atoms with Gasteiger partial charge in [-0.05, 0) is 29.1 Å².